The van der Waals surface area contributed by atoms with Crippen molar-refractivity contribution in [1.29, 1.82) is 0 Å². The molecule has 0 saturated carbocycles. The van der Waals surface area contributed by atoms with Crippen molar-refractivity contribution in [2.45, 2.75) is 13.3 Å². The van der Waals surface area contributed by atoms with E-state index in [0.29, 0.717) is 17.9 Å². The van der Waals surface area contributed by atoms with E-state index in [2.05, 4.69) is 0 Å². The van der Waals surface area contributed by atoms with Gasteiger partial charge in [-0.25, -0.2) is 0 Å². The molecule has 2 nitrogen and oxygen atoms in total. The summed E-state index contributed by atoms with van der Waals surface area (Å²) >= 11 is -0.687. The molecule has 8 heavy (non-hydrogen) atoms. The fraction of sp³-hybridized carbons (Fsp3) is 1.00. The standard InChI is InChI=1S/C5H12O2S/c1-2-8(7)5-3-4-6/h6H,2-5H2,1H3. The van der Waals surface area contributed by atoms with Crippen molar-refractivity contribution >= 4 is 11.2 Å². The molecule has 0 aromatic carbocycles. The Kier molecular flexibility index (Phi) is 5.59. The zero-order valence-electron chi connectivity index (χ0n) is 5.09. The summed E-state index contributed by atoms with van der Waals surface area (Å²) in [6.45, 7) is 2.04. The smallest absolute Gasteiger partial charge is 0.107 e. The summed E-state index contributed by atoms with van der Waals surface area (Å²) in [5, 5.41) is 8.28. The molecule has 0 amide bonds. The van der Waals surface area contributed by atoms with Crippen LogP contribution in [-0.4, -0.2) is 27.8 Å². The minimum absolute atomic E-state index is 0.158. The van der Waals surface area contributed by atoms with Crippen LogP contribution in [-0.2, 0) is 11.2 Å². The van der Waals surface area contributed by atoms with Crippen LogP contribution in [0.15, 0.2) is 0 Å². The van der Waals surface area contributed by atoms with Crippen LogP contribution in [0, 0.1) is 0 Å². The Labute approximate surface area is 53.1 Å². The lowest BCUT2D eigenvalue weighted by Crippen LogP contribution is -2.09. The highest BCUT2D eigenvalue weighted by molar-refractivity contribution is 7.91. The summed E-state index contributed by atoms with van der Waals surface area (Å²) < 4.78 is 10.6. The first-order chi connectivity index (χ1) is 3.81. The molecule has 0 bridgehead atoms. The van der Waals surface area contributed by atoms with Gasteiger partial charge in [-0.2, -0.15) is 0 Å². The van der Waals surface area contributed by atoms with Gasteiger partial charge in [0, 0.05) is 13.0 Å². The zero-order chi connectivity index (χ0) is 6.41. The summed E-state index contributed by atoms with van der Waals surface area (Å²) in [6.07, 6.45) is 0.667. The maximum Gasteiger partial charge on any atom is 0.107 e. The zero-order valence-corrected chi connectivity index (χ0v) is 5.91. The van der Waals surface area contributed by atoms with E-state index >= 15 is 0 Å². The van der Waals surface area contributed by atoms with E-state index in [9.17, 15) is 4.55 Å². The summed E-state index contributed by atoms with van der Waals surface area (Å²) in [5.74, 6) is 1.35. The van der Waals surface area contributed by atoms with E-state index in [1.807, 2.05) is 6.92 Å². The van der Waals surface area contributed by atoms with Gasteiger partial charge in [-0.15, -0.1) is 0 Å². The first kappa shape index (κ1) is 8.27. The van der Waals surface area contributed by atoms with Crippen molar-refractivity contribution in [3.63, 3.8) is 0 Å². The van der Waals surface area contributed by atoms with E-state index in [-0.39, 0.29) is 6.61 Å². The third-order valence-electron chi connectivity index (χ3n) is 0.852. The molecule has 0 aliphatic rings. The second-order valence-electron chi connectivity index (χ2n) is 1.51. The predicted molar refractivity (Wildman–Crippen MR) is 35.3 cm³/mol. The van der Waals surface area contributed by atoms with Gasteiger partial charge in [0.25, 0.3) is 0 Å². The number of hydrogen-bond acceptors (Lipinski definition) is 2. The second-order valence-corrected chi connectivity index (χ2v) is 3.38. The Hall–Kier alpha value is 0.270. The lowest BCUT2D eigenvalue weighted by Gasteiger charge is -2.05. The monoisotopic (exact) mass is 136 g/mol. The van der Waals surface area contributed by atoms with Crippen molar-refractivity contribution in [3.8, 4) is 0 Å². The van der Waals surface area contributed by atoms with E-state index in [1.165, 1.54) is 0 Å². The third kappa shape index (κ3) is 4.43. The minimum Gasteiger partial charge on any atom is -0.616 e. The molecule has 0 aliphatic carbocycles. The fourth-order valence-corrected chi connectivity index (χ4v) is 1.11. The molecule has 0 aromatic heterocycles. The summed E-state index contributed by atoms with van der Waals surface area (Å²) in [6, 6.07) is 0. The number of rotatable bonds is 4. The van der Waals surface area contributed by atoms with Gasteiger partial charge in [0.15, 0.2) is 0 Å². The van der Waals surface area contributed by atoms with Crippen LogP contribution in [0.2, 0.25) is 0 Å². The quantitative estimate of drug-likeness (QED) is 0.558. The van der Waals surface area contributed by atoms with Crippen molar-refractivity contribution < 1.29 is 9.66 Å². The molecule has 1 unspecified atom stereocenters. The molecular formula is C5H12O2S. The molecule has 0 spiro atoms. The van der Waals surface area contributed by atoms with E-state index < -0.39 is 11.2 Å². The molecule has 0 rings (SSSR count). The van der Waals surface area contributed by atoms with Crippen molar-refractivity contribution in [2.75, 3.05) is 18.1 Å². The Morgan fingerprint density at radius 1 is 1.62 bits per heavy atom. The van der Waals surface area contributed by atoms with Gasteiger partial charge in [0.1, 0.15) is 11.5 Å². The summed E-state index contributed by atoms with van der Waals surface area (Å²) in [7, 11) is 0. The maximum absolute atomic E-state index is 10.6. The first-order valence-corrected chi connectivity index (χ1v) is 4.26. The fourth-order valence-electron chi connectivity index (χ4n) is 0.370. The Balaban J connectivity index is 2.86. The van der Waals surface area contributed by atoms with Crippen LogP contribution < -0.4 is 0 Å². The van der Waals surface area contributed by atoms with Crippen molar-refractivity contribution in [1.82, 2.24) is 0 Å². The molecule has 1 atom stereocenters. The normalized spacial score (nSPS) is 13.9. The van der Waals surface area contributed by atoms with E-state index in [0.717, 1.165) is 0 Å². The molecular weight excluding hydrogens is 124 g/mol. The van der Waals surface area contributed by atoms with Crippen LogP contribution in [0.3, 0.4) is 0 Å². The van der Waals surface area contributed by atoms with Gasteiger partial charge >= 0.3 is 0 Å². The van der Waals surface area contributed by atoms with Crippen LogP contribution >= 0.6 is 0 Å². The van der Waals surface area contributed by atoms with Gasteiger partial charge in [-0.05, 0) is 6.92 Å². The predicted octanol–water partition coefficient (Wildman–Crippen LogP) is 0.137. The van der Waals surface area contributed by atoms with Crippen LogP contribution in [0.1, 0.15) is 13.3 Å². The number of hydrogen-bond donors (Lipinski definition) is 1. The first-order valence-electron chi connectivity index (χ1n) is 2.77. The molecule has 0 fully saturated rings. The second kappa shape index (κ2) is 5.41. The largest absolute Gasteiger partial charge is 0.616 e. The number of aliphatic hydroxyl groups excluding tert-OH is 1. The number of aliphatic hydroxyl groups is 1. The van der Waals surface area contributed by atoms with Gasteiger partial charge < -0.3 is 9.66 Å². The third-order valence-corrected chi connectivity index (χ3v) is 2.24. The van der Waals surface area contributed by atoms with Crippen LogP contribution in [0.25, 0.3) is 0 Å². The Morgan fingerprint density at radius 2 is 2.25 bits per heavy atom. The topological polar surface area (TPSA) is 43.3 Å². The van der Waals surface area contributed by atoms with Crippen LogP contribution in [0.5, 0.6) is 0 Å². The van der Waals surface area contributed by atoms with Crippen molar-refractivity contribution in [3.05, 3.63) is 0 Å². The lowest BCUT2D eigenvalue weighted by atomic mass is 10.5. The molecule has 3 heteroatoms. The SMILES string of the molecule is CC[S+]([O-])CCCO. The molecule has 0 radical (unpaired) electrons. The molecule has 0 aliphatic heterocycles. The van der Waals surface area contributed by atoms with E-state index in [4.69, 9.17) is 5.11 Å². The lowest BCUT2D eigenvalue weighted by molar-refractivity contribution is 0.295. The molecule has 1 N–H and O–H groups in total. The molecule has 0 heterocycles. The highest BCUT2D eigenvalue weighted by Gasteiger charge is 1.98. The van der Waals surface area contributed by atoms with Gasteiger partial charge in [-0.1, -0.05) is 11.2 Å². The van der Waals surface area contributed by atoms with Crippen LogP contribution in [0.4, 0.5) is 0 Å². The van der Waals surface area contributed by atoms with Crippen molar-refractivity contribution in [2.24, 2.45) is 0 Å². The average Bonchev–Trinajstić information content (AvgIpc) is 1.83. The molecule has 50 valence electrons. The maximum atomic E-state index is 10.6. The summed E-state index contributed by atoms with van der Waals surface area (Å²) in [4.78, 5) is 0. The Bertz CT molecular complexity index is 49.7. The highest BCUT2D eigenvalue weighted by Crippen LogP contribution is 1.91. The van der Waals surface area contributed by atoms with Gasteiger partial charge in [-0.3, -0.25) is 0 Å². The molecule has 0 saturated heterocycles. The molecule has 0 aromatic rings. The average molecular weight is 136 g/mol. The Morgan fingerprint density at radius 3 is 2.62 bits per heavy atom. The van der Waals surface area contributed by atoms with E-state index in [1.54, 1.807) is 0 Å². The van der Waals surface area contributed by atoms with Gasteiger partial charge in [0.2, 0.25) is 0 Å². The van der Waals surface area contributed by atoms with Gasteiger partial charge in [0.05, 0.1) is 0 Å². The minimum atomic E-state index is -0.687. The summed E-state index contributed by atoms with van der Waals surface area (Å²) in [5.41, 5.74) is 0. The highest BCUT2D eigenvalue weighted by atomic mass is 32.2.